The van der Waals surface area contributed by atoms with Gasteiger partial charge in [0, 0.05) is 16.0 Å². The smallest absolute Gasteiger partial charge is 0.356 e. The van der Waals surface area contributed by atoms with Gasteiger partial charge in [-0.05, 0) is 57.9 Å². The largest absolute Gasteiger partial charge is 0.448 e. The van der Waals surface area contributed by atoms with E-state index in [1.165, 1.54) is 46.6 Å². The number of carbonyl (C=O) groups is 3. The summed E-state index contributed by atoms with van der Waals surface area (Å²) in [5.74, 6) is -1.01. The Bertz CT molecular complexity index is 2810. The fourth-order valence-electron chi connectivity index (χ4n) is 8.00. The molecule has 12 nitrogen and oxygen atoms in total. The van der Waals surface area contributed by atoms with Crippen LogP contribution in [0, 0.1) is 6.92 Å². The van der Waals surface area contributed by atoms with Crippen LogP contribution in [0.4, 0.5) is 5.13 Å². The van der Waals surface area contributed by atoms with Gasteiger partial charge in [0.25, 0.3) is 11.8 Å². The van der Waals surface area contributed by atoms with E-state index in [4.69, 9.17) is 27.2 Å². The van der Waals surface area contributed by atoms with Crippen LogP contribution < -0.4 is 10.6 Å². The van der Waals surface area contributed by atoms with E-state index in [2.05, 4.69) is 61.5 Å². The Morgan fingerprint density at radius 1 is 0.833 bits per heavy atom. The monoisotopic (exact) mass is 947 g/mol. The summed E-state index contributed by atoms with van der Waals surface area (Å²) in [7, 11) is 1.34. The standard InChI is InChI=1S/C50H41N7O5S4/c1-31-51-45(66-56-31)39(63)28-34-29-64-47-41(46(59)57(47)42(34)48(60)62-43(32-18-8-3-9-19-32)33-20-10-4-11-21-33)53-44(58)40(55-61-2)38-30-65-49(52-38)54-50(35-22-12-5-13-23-35,36-24-14-6-15-25-36)37-26-16-7-17-27-37/h3-28,30,41,43,47,63H,29H2,1-2H3,(H,52,54)(H,53,58). The van der Waals surface area contributed by atoms with E-state index in [1.54, 1.807) is 18.4 Å². The molecule has 2 aliphatic heterocycles. The van der Waals surface area contributed by atoms with Gasteiger partial charge in [0.2, 0.25) is 0 Å². The first-order valence-electron chi connectivity index (χ1n) is 20.8. The number of benzene rings is 5. The third-order valence-electron chi connectivity index (χ3n) is 11.0. The number of β-lactam (4-membered cyclic amide) rings is 1. The number of esters is 1. The van der Waals surface area contributed by atoms with Gasteiger partial charge in [0.15, 0.2) is 16.9 Å². The lowest BCUT2D eigenvalue weighted by molar-refractivity contribution is -0.154. The number of fused-ring (bicyclic) bond motifs is 1. The number of ether oxygens (including phenoxy) is 1. The molecule has 2 aliphatic rings. The van der Waals surface area contributed by atoms with E-state index in [0.717, 1.165) is 27.8 Å². The third-order valence-corrected chi connectivity index (χ3v) is 14.4. The van der Waals surface area contributed by atoms with Crippen LogP contribution >= 0.6 is 47.3 Å². The summed E-state index contributed by atoms with van der Waals surface area (Å²) in [5.41, 5.74) is 4.26. The van der Waals surface area contributed by atoms with Crippen molar-refractivity contribution >= 4 is 80.8 Å². The lowest BCUT2D eigenvalue weighted by atomic mass is 9.77. The molecule has 2 amide bonds. The van der Waals surface area contributed by atoms with Gasteiger partial charge in [-0.3, -0.25) is 14.5 Å². The highest BCUT2D eigenvalue weighted by molar-refractivity contribution is 8.00. The van der Waals surface area contributed by atoms with Crippen molar-refractivity contribution in [2.24, 2.45) is 5.16 Å². The minimum atomic E-state index is -1.02. The molecule has 330 valence electrons. The summed E-state index contributed by atoms with van der Waals surface area (Å²) in [5, 5.41) is 12.9. The molecule has 2 aromatic heterocycles. The van der Waals surface area contributed by atoms with Gasteiger partial charge in [0.1, 0.15) is 46.3 Å². The van der Waals surface area contributed by atoms with E-state index < -0.39 is 40.8 Å². The number of aromatic nitrogens is 3. The zero-order valence-electron chi connectivity index (χ0n) is 35.5. The molecule has 66 heavy (non-hydrogen) atoms. The van der Waals surface area contributed by atoms with Gasteiger partial charge < -0.3 is 20.2 Å². The average molecular weight is 948 g/mol. The Kier molecular flexibility index (Phi) is 13.3. The Morgan fingerprint density at radius 3 is 1.89 bits per heavy atom. The second-order valence-corrected chi connectivity index (χ2v) is 18.3. The first-order valence-corrected chi connectivity index (χ1v) is 23.9. The molecule has 2 unspecified atom stereocenters. The van der Waals surface area contributed by atoms with Crippen molar-refractivity contribution in [2.75, 3.05) is 18.2 Å². The molecule has 0 bridgehead atoms. The molecule has 0 aliphatic carbocycles. The van der Waals surface area contributed by atoms with Crippen molar-refractivity contribution in [1.82, 2.24) is 24.6 Å². The van der Waals surface area contributed by atoms with Gasteiger partial charge in [-0.15, -0.1) is 35.7 Å². The van der Waals surface area contributed by atoms with Crippen molar-refractivity contribution < 1.29 is 24.0 Å². The molecule has 0 saturated carbocycles. The van der Waals surface area contributed by atoms with Gasteiger partial charge in [-0.1, -0.05) is 157 Å². The van der Waals surface area contributed by atoms with Crippen LogP contribution in [0.1, 0.15) is 50.4 Å². The topological polar surface area (TPSA) is 148 Å². The fraction of sp³-hybridized carbons (Fsp3) is 0.140. The molecule has 2 atom stereocenters. The molecule has 4 heterocycles. The lowest BCUT2D eigenvalue weighted by Gasteiger charge is -2.49. The van der Waals surface area contributed by atoms with Crippen LogP contribution in [0.25, 0.3) is 4.91 Å². The van der Waals surface area contributed by atoms with Gasteiger partial charge in [-0.25, -0.2) is 14.8 Å². The second kappa shape index (κ2) is 19.7. The number of thiol groups is 1. The normalized spacial score (nSPS) is 16.4. The van der Waals surface area contributed by atoms with Crippen LogP contribution in [0.5, 0.6) is 0 Å². The molecule has 1 fully saturated rings. The van der Waals surface area contributed by atoms with Crippen LogP contribution in [0.15, 0.2) is 180 Å². The number of hydrogen-bond donors (Lipinski definition) is 3. The van der Waals surface area contributed by atoms with Gasteiger partial charge in [-0.2, -0.15) is 4.37 Å². The SMILES string of the molecule is CON=C(C(=O)NC1C(=O)N2C(C(=O)OC(c3ccccc3)c3ccccc3)=C(C=C(S)c3nc(C)ns3)CSC12)c1csc(NC(c2ccccc2)(c2ccccc2)c2ccccc2)n1. The first-order chi connectivity index (χ1) is 32.2. The molecule has 16 heteroatoms. The van der Waals surface area contributed by atoms with E-state index >= 15 is 0 Å². The highest BCUT2D eigenvalue weighted by atomic mass is 32.2. The maximum atomic E-state index is 14.6. The summed E-state index contributed by atoms with van der Waals surface area (Å²) in [6.45, 7) is 1.78. The first kappa shape index (κ1) is 44.4. The van der Waals surface area contributed by atoms with Gasteiger partial charge in [0.05, 0.1) is 0 Å². The highest BCUT2D eigenvalue weighted by Crippen LogP contribution is 2.44. The van der Waals surface area contributed by atoms with Crippen molar-refractivity contribution in [3.05, 3.63) is 219 Å². The summed E-state index contributed by atoms with van der Waals surface area (Å²) < 4.78 is 10.6. The van der Waals surface area contributed by atoms with E-state index in [9.17, 15) is 14.4 Å². The van der Waals surface area contributed by atoms with Crippen LogP contribution in [-0.2, 0) is 29.5 Å². The molecule has 9 rings (SSSR count). The Labute approximate surface area is 399 Å². The number of oxime groups is 1. The van der Waals surface area contributed by atoms with Crippen molar-refractivity contribution in [3.63, 3.8) is 0 Å². The van der Waals surface area contributed by atoms with Crippen LogP contribution in [0.2, 0.25) is 0 Å². The van der Waals surface area contributed by atoms with Crippen molar-refractivity contribution in [2.45, 2.75) is 30.0 Å². The number of allylic oxidation sites excluding steroid dienone is 1. The number of rotatable bonds is 15. The average Bonchev–Trinajstić information content (AvgIpc) is 4.03. The summed E-state index contributed by atoms with van der Waals surface area (Å²) in [6.07, 6.45) is 0.948. The molecule has 2 N–H and O–H groups in total. The molecule has 0 spiro atoms. The number of thioether (sulfide) groups is 1. The predicted octanol–water partition coefficient (Wildman–Crippen LogP) is 9.02. The highest BCUT2D eigenvalue weighted by Gasteiger charge is 2.55. The quantitative estimate of drug-likeness (QED) is 0.0227. The van der Waals surface area contributed by atoms with E-state index in [0.29, 0.717) is 32.2 Å². The molecular formula is C50H41N7O5S4. The van der Waals surface area contributed by atoms with Crippen LogP contribution in [0.3, 0.4) is 0 Å². The molecule has 7 aromatic rings. The minimum absolute atomic E-state index is 0.0543. The van der Waals surface area contributed by atoms with E-state index in [1.807, 2.05) is 115 Å². The molecule has 5 aromatic carbocycles. The number of carbonyl (C=O) groups excluding carboxylic acids is 3. The number of amides is 2. The maximum absolute atomic E-state index is 14.6. The second-order valence-electron chi connectivity index (χ2n) is 15.2. The van der Waals surface area contributed by atoms with Crippen LogP contribution in [-0.4, -0.2) is 67.0 Å². The fourth-order valence-corrected chi connectivity index (χ4v) is 11.0. The number of hydrogen-bond acceptors (Lipinski definition) is 14. The Hall–Kier alpha value is -6.85. The number of aryl methyl sites for hydroxylation is 1. The molecular weight excluding hydrogens is 907 g/mol. The molecule has 1 saturated heterocycles. The zero-order valence-corrected chi connectivity index (χ0v) is 38.8. The zero-order chi connectivity index (χ0) is 45.6. The Morgan fingerprint density at radius 2 is 1.38 bits per heavy atom. The summed E-state index contributed by atoms with van der Waals surface area (Å²) in [6, 6.07) is 48.1. The summed E-state index contributed by atoms with van der Waals surface area (Å²) >= 11 is 8.61. The Balaban J connectivity index is 1.00. The minimum Gasteiger partial charge on any atom is -0.448 e. The number of anilines is 1. The number of nitrogens with zero attached hydrogens (tertiary/aromatic N) is 5. The third kappa shape index (κ3) is 8.92. The number of thiazole rings is 1. The number of nitrogens with one attached hydrogen (secondary N) is 2. The van der Waals surface area contributed by atoms with Crippen molar-refractivity contribution in [1.29, 1.82) is 0 Å². The van der Waals surface area contributed by atoms with E-state index in [-0.39, 0.29) is 17.1 Å². The van der Waals surface area contributed by atoms with Crippen molar-refractivity contribution in [3.8, 4) is 0 Å². The molecule has 0 radical (unpaired) electrons. The van der Waals surface area contributed by atoms with Gasteiger partial charge >= 0.3 is 5.97 Å². The maximum Gasteiger partial charge on any atom is 0.356 e. The lowest BCUT2D eigenvalue weighted by Crippen LogP contribution is -2.71. The predicted molar refractivity (Wildman–Crippen MR) is 263 cm³/mol. The summed E-state index contributed by atoms with van der Waals surface area (Å²) in [4.78, 5) is 59.6.